The van der Waals surface area contributed by atoms with Gasteiger partial charge in [0.05, 0.1) is 12.7 Å². The lowest BCUT2D eigenvalue weighted by molar-refractivity contribution is 0.0781. The molecule has 0 aliphatic heterocycles. The highest BCUT2D eigenvalue weighted by molar-refractivity contribution is 5.20. The predicted molar refractivity (Wildman–Crippen MR) is 76.8 cm³/mol. The lowest BCUT2D eigenvalue weighted by Gasteiger charge is -2.40. The fourth-order valence-electron chi connectivity index (χ4n) is 3.19. The highest BCUT2D eigenvalue weighted by atomic mass is 19.1. The molecule has 0 spiro atoms. The van der Waals surface area contributed by atoms with Gasteiger partial charge in [-0.3, -0.25) is 0 Å². The van der Waals surface area contributed by atoms with Crippen LogP contribution in [0.5, 0.6) is 0 Å². The van der Waals surface area contributed by atoms with Crippen LogP contribution in [0.4, 0.5) is 4.39 Å². The monoisotopic (exact) mass is 281 g/mol. The Balaban J connectivity index is 1.98. The van der Waals surface area contributed by atoms with Gasteiger partial charge in [-0.05, 0) is 24.8 Å². The van der Waals surface area contributed by atoms with Crippen molar-refractivity contribution in [2.24, 2.45) is 5.92 Å². The summed E-state index contributed by atoms with van der Waals surface area (Å²) in [6.07, 6.45) is 3.16. The van der Waals surface area contributed by atoms with Gasteiger partial charge in [0.1, 0.15) is 5.82 Å². The minimum Gasteiger partial charge on any atom is -0.394 e. The maximum atomic E-state index is 13.6. The third-order valence-corrected chi connectivity index (χ3v) is 4.33. The summed E-state index contributed by atoms with van der Waals surface area (Å²) >= 11 is 0. The SMILES string of the molecule is CC1CCCC(CO)(NCC(O)c2ccccc2F)C1. The smallest absolute Gasteiger partial charge is 0.129 e. The van der Waals surface area contributed by atoms with Crippen molar-refractivity contribution in [3.05, 3.63) is 35.6 Å². The average Bonchev–Trinajstić information content (AvgIpc) is 2.45. The molecule has 3 atom stereocenters. The largest absolute Gasteiger partial charge is 0.394 e. The van der Waals surface area contributed by atoms with Gasteiger partial charge in [-0.15, -0.1) is 0 Å². The number of halogens is 1. The highest BCUT2D eigenvalue weighted by Crippen LogP contribution is 2.32. The van der Waals surface area contributed by atoms with Crippen molar-refractivity contribution in [3.8, 4) is 0 Å². The van der Waals surface area contributed by atoms with Crippen LogP contribution >= 0.6 is 0 Å². The van der Waals surface area contributed by atoms with Crippen LogP contribution in [0.2, 0.25) is 0 Å². The summed E-state index contributed by atoms with van der Waals surface area (Å²) in [4.78, 5) is 0. The maximum Gasteiger partial charge on any atom is 0.129 e. The second-order valence-corrected chi connectivity index (χ2v) is 6.06. The first-order valence-corrected chi connectivity index (χ1v) is 7.35. The molecule has 0 heterocycles. The molecule has 1 aliphatic carbocycles. The van der Waals surface area contributed by atoms with Crippen LogP contribution in [-0.2, 0) is 0 Å². The van der Waals surface area contributed by atoms with E-state index in [1.54, 1.807) is 18.2 Å². The lowest BCUT2D eigenvalue weighted by Crippen LogP contribution is -2.52. The molecule has 112 valence electrons. The van der Waals surface area contributed by atoms with Crippen molar-refractivity contribution in [2.45, 2.75) is 44.2 Å². The minimum absolute atomic E-state index is 0.0569. The Hall–Kier alpha value is -0.970. The quantitative estimate of drug-likeness (QED) is 0.777. The number of hydrogen-bond donors (Lipinski definition) is 3. The summed E-state index contributed by atoms with van der Waals surface area (Å²) in [5, 5.41) is 23.1. The molecule has 3 nitrogen and oxygen atoms in total. The number of benzene rings is 1. The molecule has 0 radical (unpaired) electrons. The van der Waals surface area contributed by atoms with Crippen molar-refractivity contribution < 1.29 is 14.6 Å². The van der Waals surface area contributed by atoms with E-state index in [1.165, 1.54) is 12.5 Å². The van der Waals surface area contributed by atoms with Gasteiger partial charge in [0.2, 0.25) is 0 Å². The van der Waals surface area contributed by atoms with Crippen LogP contribution < -0.4 is 5.32 Å². The number of hydrogen-bond acceptors (Lipinski definition) is 3. The molecule has 1 aliphatic rings. The standard InChI is InChI=1S/C16H24FNO2/c1-12-5-4-8-16(9-12,11-19)18-10-15(20)13-6-2-3-7-14(13)17/h2-3,6-7,12,15,18-20H,4-5,8-11H2,1H3. The minimum atomic E-state index is -0.892. The first kappa shape index (κ1) is 15.4. The van der Waals surface area contributed by atoms with Crippen molar-refractivity contribution in [2.75, 3.05) is 13.2 Å². The average molecular weight is 281 g/mol. The van der Waals surface area contributed by atoms with Gasteiger partial charge in [0.25, 0.3) is 0 Å². The van der Waals surface area contributed by atoms with Crippen LogP contribution in [0.1, 0.15) is 44.3 Å². The normalized spacial score (nSPS) is 28.3. The molecule has 0 amide bonds. The van der Waals surface area contributed by atoms with E-state index in [0.29, 0.717) is 11.5 Å². The van der Waals surface area contributed by atoms with Crippen LogP contribution in [0.15, 0.2) is 24.3 Å². The van der Waals surface area contributed by atoms with E-state index in [0.717, 1.165) is 19.3 Å². The molecule has 2 rings (SSSR count). The van der Waals surface area contributed by atoms with Gasteiger partial charge in [0, 0.05) is 17.6 Å². The lowest BCUT2D eigenvalue weighted by atomic mass is 9.76. The Kier molecular flexibility index (Phi) is 5.13. The number of rotatable bonds is 5. The summed E-state index contributed by atoms with van der Waals surface area (Å²) in [7, 11) is 0. The molecular weight excluding hydrogens is 257 g/mol. The fourth-order valence-corrected chi connectivity index (χ4v) is 3.19. The summed E-state index contributed by atoms with van der Waals surface area (Å²) < 4.78 is 13.6. The van der Waals surface area contributed by atoms with Crippen molar-refractivity contribution in [1.82, 2.24) is 5.32 Å². The van der Waals surface area contributed by atoms with Crippen LogP contribution in [0.3, 0.4) is 0 Å². The van der Waals surface area contributed by atoms with E-state index in [1.807, 2.05) is 0 Å². The van der Waals surface area contributed by atoms with Gasteiger partial charge in [-0.2, -0.15) is 0 Å². The molecule has 0 aromatic heterocycles. The Morgan fingerprint density at radius 2 is 2.20 bits per heavy atom. The van der Waals surface area contributed by atoms with Crippen LogP contribution in [-0.4, -0.2) is 28.9 Å². The third kappa shape index (κ3) is 3.57. The van der Waals surface area contributed by atoms with Crippen molar-refractivity contribution in [1.29, 1.82) is 0 Å². The van der Waals surface area contributed by atoms with E-state index in [9.17, 15) is 14.6 Å². The second-order valence-electron chi connectivity index (χ2n) is 6.06. The molecular formula is C16H24FNO2. The Morgan fingerprint density at radius 3 is 2.85 bits per heavy atom. The molecule has 1 aromatic rings. The summed E-state index contributed by atoms with van der Waals surface area (Å²) in [5.74, 6) is 0.172. The zero-order chi connectivity index (χ0) is 14.6. The van der Waals surface area contributed by atoms with Crippen LogP contribution in [0.25, 0.3) is 0 Å². The third-order valence-electron chi connectivity index (χ3n) is 4.33. The fraction of sp³-hybridized carbons (Fsp3) is 0.625. The predicted octanol–water partition coefficient (Wildman–Crippen LogP) is 2.39. The Labute approximate surface area is 119 Å². The van der Waals surface area contributed by atoms with Crippen molar-refractivity contribution in [3.63, 3.8) is 0 Å². The number of β-amino-alcohol motifs (C(OH)–C–C–N with tert-alkyl or cyclic N) is 1. The van der Waals surface area contributed by atoms with Gasteiger partial charge in [0.15, 0.2) is 0 Å². The first-order chi connectivity index (χ1) is 9.56. The van der Waals surface area contributed by atoms with Gasteiger partial charge < -0.3 is 15.5 Å². The van der Waals surface area contributed by atoms with Crippen molar-refractivity contribution >= 4 is 0 Å². The number of nitrogens with one attached hydrogen (secondary N) is 1. The molecule has 0 bridgehead atoms. The molecule has 1 fully saturated rings. The van der Waals surface area contributed by atoms with E-state index in [2.05, 4.69) is 12.2 Å². The summed E-state index contributed by atoms with van der Waals surface area (Å²) in [5.41, 5.74) is -0.0267. The van der Waals surface area contributed by atoms with Gasteiger partial charge in [-0.1, -0.05) is 38.0 Å². The molecule has 3 N–H and O–H groups in total. The summed E-state index contributed by atoms with van der Waals surface area (Å²) in [6, 6.07) is 6.27. The van der Waals surface area contributed by atoms with E-state index >= 15 is 0 Å². The molecule has 4 heteroatoms. The van der Waals surface area contributed by atoms with E-state index in [-0.39, 0.29) is 18.7 Å². The molecule has 3 unspecified atom stereocenters. The molecule has 1 saturated carbocycles. The van der Waals surface area contributed by atoms with Gasteiger partial charge in [-0.25, -0.2) is 4.39 Å². The zero-order valence-corrected chi connectivity index (χ0v) is 12.0. The second kappa shape index (κ2) is 6.66. The molecule has 20 heavy (non-hydrogen) atoms. The Morgan fingerprint density at radius 1 is 1.45 bits per heavy atom. The van der Waals surface area contributed by atoms with Crippen LogP contribution in [0, 0.1) is 11.7 Å². The van der Waals surface area contributed by atoms with E-state index in [4.69, 9.17) is 0 Å². The molecule has 1 aromatic carbocycles. The zero-order valence-electron chi connectivity index (χ0n) is 12.0. The Bertz CT molecular complexity index is 440. The maximum absolute atomic E-state index is 13.6. The summed E-state index contributed by atoms with van der Waals surface area (Å²) in [6.45, 7) is 2.49. The van der Waals surface area contributed by atoms with E-state index < -0.39 is 11.9 Å². The van der Waals surface area contributed by atoms with Gasteiger partial charge >= 0.3 is 0 Å². The first-order valence-electron chi connectivity index (χ1n) is 7.35. The topological polar surface area (TPSA) is 52.5 Å². The highest BCUT2D eigenvalue weighted by Gasteiger charge is 2.34. The number of aliphatic hydroxyl groups is 2. The number of aliphatic hydroxyl groups excluding tert-OH is 2. The molecule has 0 saturated heterocycles.